The van der Waals surface area contributed by atoms with Gasteiger partial charge in [-0.15, -0.1) is 0 Å². The van der Waals surface area contributed by atoms with Crippen LogP contribution in [0.2, 0.25) is 0 Å². The maximum Gasteiger partial charge on any atom is 0.258 e. The van der Waals surface area contributed by atoms with E-state index in [1.165, 1.54) is 102 Å². The smallest absolute Gasteiger partial charge is 0.258 e. The summed E-state index contributed by atoms with van der Waals surface area (Å²) >= 11 is 0. The Morgan fingerprint density at radius 1 is 0.903 bits per heavy atom. The molecule has 0 bridgehead atoms. The van der Waals surface area contributed by atoms with Crippen LogP contribution >= 0.6 is 0 Å². The van der Waals surface area contributed by atoms with Gasteiger partial charge in [0.1, 0.15) is 12.4 Å². The van der Waals surface area contributed by atoms with Gasteiger partial charge in [-0.25, -0.2) is 17.6 Å². The van der Waals surface area contributed by atoms with Crippen molar-refractivity contribution in [1.29, 1.82) is 0 Å². The van der Waals surface area contributed by atoms with Crippen LogP contribution in [-0.4, -0.2) is 24.6 Å². The van der Waals surface area contributed by atoms with Crippen molar-refractivity contribution in [3.63, 3.8) is 0 Å². The fraction of sp³-hybridized carbons (Fsp3) is 0.875. The van der Waals surface area contributed by atoms with Gasteiger partial charge in [0.2, 0.25) is 10.4 Å². The molecule has 0 radical (unpaired) electrons. The van der Waals surface area contributed by atoms with Crippen LogP contribution < -0.4 is 4.57 Å². The second kappa shape index (κ2) is 18.6. The zero-order chi connectivity index (χ0) is 23.5. The minimum absolute atomic E-state index is 0.603. The van der Waals surface area contributed by atoms with Crippen LogP contribution in [0.3, 0.4) is 0 Å². The summed E-state index contributed by atoms with van der Waals surface area (Å²) in [6.07, 6.45) is 24.5. The van der Waals surface area contributed by atoms with Crippen LogP contribution in [0, 0.1) is 0 Å². The molecule has 184 valence electrons. The molecule has 0 aliphatic rings. The highest BCUT2D eigenvalue weighted by Crippen LogP contribution is 2.14. The van der Waals surface area contributed by atoms with E-state index in [0.29, 0.717) is 5.92 Å². The Labute approximate surface area is 192 Å². The molecule has 1 aromatic heterocycles. The Morgan fingerprint density at radius 3 is 1.65 bits per heavy atom. The summed E-state index contributed by atoms with van der Waals surface area (Å²) in [5.74, 6) is 2.06. The first-order chi connectivity index (χ1) is 14.7. The second-order valence-corrected chi connectivity index (χ2v) is 9.94. The number of rotatable bonds is 17. The van der Waals surface area contributed by atoms with Crippen LogP contribution in [-0.2, 0) is 28.2 Å². The topological polar surface area (TPSA) is 75.2 Å². The Morgan fingerprint density at radius 2 is 1.29 bits per heavy atom. The van der Waals surface area contributed by atoms with Crippen LogP contribution in [0.25, 0.3) is 0 Å². The predicted octanol–water partition coefficient (Wildman–Crippen LogP) is 6.01. The van der Waals surface area contributed by atoms with Crippen LogP contribution in [0.4, 0.5) is 0 Å². The largest absolute Gasteiger partial charge is 0.726 e. The number of hydrogen-bond donors (Lipinski definition) is 0. The number of aromatic nitrogens is 2. The van der Waals surface area contributed by atoms with Crippen molar-refractivity contribution < 1.29 is 21.7 Å². The fourth-order valence-corrected chi connectivity index (χ4v) is 3.94. The van der Waals surface area contributed by atoms with Gasteiger partial charge in [-0.3, -0.25) is 4.18 Å². The Hall–Kier alpha value is -0.920. The Kier molecular flexibility index (Phi) is 18.1. The van der Waals surface area contributed by atoms with Crippen molar-refractivity contribution in [2.24, 2.45) is 7.05 Å². The van der Waals surface area contributed by atoms with Crippen LogP contribution in [0.1, 0.15) is 122 Å². The summed E-state index contributed by atoms with van der Waals surface area (Å²) in [5, 5.41) is 0. The molecule has 1 rings (SSSR count). The van der Waals surface area contributed by atoms with Crippen molar-refractivity contribution in [2.75, 3.05) is 7.11 Å². The second-order valence-electron chi connectivity index (χ2n) is 8.79. The fourth-order valence-electron chi connectivity index (χ4n) is 3.94. The summed E-state index contributed by atoms with van der Waals surface area (Å²) in [7, 11) is -1.44. The number of unbranched alkanes of at least 4 members (excludes halogenated alkanes) is 13. The van der Waals surface area contributed by atoms with E-state index >= 15 is 0 Å². The van der Waals surface area contributed by atoms with E-state index < -0.39 is 10.4 Å². The van der Waals surface area contributed by atoms with Gasteiger partial charge in [0.05, 0.1) is 26.6 Å². The number of nitrogens with zero attached hydrogens (tertiary/aromatic N) is 2. The third-order valence-corrected chi connectivity index (χ3v) is 6.01. The minimum Gasteiger partial charge on any atom is -0.726 e. The molecule has 0 fully saturated rings. The van der Waals surface area contributed by atoms with E-state index in [0.717, 1.165) is 7.11 Å². The molecule has 0 unspecified atom stereocenters. The van der Waals surface area contributed by atoms with Gasteiger partial charge in [-0.05, 0) is 12.8 Å². The molecule has 0 aliphatic heterocycles. The third kappa shape index (κ3) is 17.3. The first kappa shape index (κ1) is 30.1. The molecule has 6 nitrogen and oxygen atoms in total. The van der Waals surface area contributed by atoms with E-state index in [1.54, 1.807) is 0 Å². The molecule has 31 heavy (non-hydrogen) atoms. The average Bonchev–Trinajstić information content (AvgIpc) is 3.08. The first-order valence-corrected chi connectivity index (χ1v) is 13.6. The zero-order valence-corrected chi connectivity index (χ0v) is 21.6. The van der Waals surface area contributed by atoms with Gasteiger partial charge in [-0.1, -0.05) is 97.8 Å². The van der Waals surface area contributed by atoms with Crippen LogP contribution in [0.15, 0.2) is 12.4 Å². The summed E-state index contributed by atoms with van der Waals surface area (Å²) in [6.45, 7) is 8.06. The molecule has 7 heteroatoms. The highest BCUT2D eigenvalue weighted by Gasteiger charge is 2.17. The van der Waals surface area contributed by atoms with Crippen LogP contribution in [0.5, 0.6) is 0 Å². The molecule has 1 heterocycles. The quantitative estimate of drug-likeness (QED) is 0.123. The van der Waals surface area contributed by atoms with E-state index in [4.69, 9.17) is 0 Å². The average molecular weight is 461 g/mol. The van der Waals surface area contributed by atoms with Gasteiger partial charge in [0, 0.05) is 0 Å². The van der Waals surface area contributed by atoms with Gasteiger partial charge in [0.15, 0.2) is 0 Å². The maximum absolute atomic E-state index is 9.22. The lowest BCUT2D eigenvalue weighted by molar-refractivity contribution is -0.680. The maximum atomic E-state index is 9.22. The van der Waals surface area contributed by atoms with Gasteiger partial charge >= 0.3 is 0 Å². The number of hydrogen-bond acceptors (Lipinski definition) is 4. The molecule has 0 N–H and O–H groups in total. The molecular weight excluding hydrogens is 412 g/mol. The van der Waals surface area contributed by atoms with Gasteiger partial charge in [-0.2, -0.15) is 0 Å². The normalized spacial score (nSPS) is 11.6. The summed E-state index contributed by atoms with van der Waals surface area (Å²) in [4.78, 5) is 0. The van der Waals surface area contributed by atoms with Crippen molar-refractivity contribution in [3.8, 4) is 0 Å². The molecule has 0 saturated carbocycles. The Bertz CT molecular complexity index is 642. The van der Waals surface area contributed by atoms with E-state index in [-0.39, 0.29) is 0 Å². The lowest BCUT2D eigenvalue weighted by atomic mass is 10.0. The van der Waals surface area contributed by atoms with E-state index in [1.807, 2.05) is 0 Å². The highest BCUT2D eigenvalue weighted by atomic mass is 32.3. The predicted molar refractivity (Wildman–Crippen MR) is 127 cm³/mol. The SMILES string of the molecule is CCCCCCCCCCCCCCCCn1cc[n+](C)c1C(C)C.COS(=O)(=O)[O-]. The van der Waals surface area contributed by atoms with Crippen molar-refractivity contribution in [2.45, 2.75) is 123 Å². The molecule has 0 atom stereocenters. The van der Waals surface area contributed by atoms with E-state index in [2.05, 4.69) is 53.5 Å². The van der Waals surface area contributed by atoms with Crippen molar-refractivity contribution >= 4 is 10.4 Å². The molecule has 0 spiro atoms. The molecule has 0 amide bonds. The summed E-state index contributed by atoms with van der Waals surface area (Å²) < 4.78 is 35.7. The molecule has 0 aliphatic carbocycles. The zero-order valence-electron chi connectivity index (χ0n) is 20.8. The minimum atomic E-state index is -4.41. The van der Waals surface area contributed by atoms with Crippen molar-refractivity contribution in [1.82, 2.24) is 4.57 Å². The molecule has 0 aromatic carbocycles. The number of aryl methyl sites for hydroxylation is 2. The monoisotopic (exact) mass is 460 g/mol. The lowest BCUT2D eigenvalue weighted by Gasteiger charge is -2.06. The third-order valence-electron chi connectivity index (χ3n) is 5.60. The van der Waals surface area contributed by atoms with E-state index in [9.17, 15) is 13.0 Å². The van der Waals surface area contributed by atoms with Gasteiger partial charge < -0.3 is 4.55 Å². The Balaban J connectivity index is 0.00000131. The van der Waals surface area contributed by atoms with Gasteiger partial charge in [0.25, 0.3) is 5.82 Å². The number of imidazole rings is 1. The lowest BCUT2D eigenvalue weighted by Crippen LogP contribution is -2.33. The first-order valence-electron chi connectivity index (χ1n) is 12.3. The summed E-state index contributed by atoms with van der Waals surface area (Å²) in [6, 6.07) is 0. The van der Waals surface area contributed by atoms with Crippen molar-refractivity contribution in [3.05, 3.63) is 18.2 Å². The highest BCUT2D eigenvalue weighted by molar-refractivity contribution is 7.80. The molecular formula is C24H48N2O4S. The molecule has 1 aromatic rings. The summed E-state index contributed by atoms with van der Waals surface area (Å²) in [5.41, 5.74) is 0. The molecule has 0 saturated heterocycles. The standard InChI is InChI=1S/C23H45N2.CH4O4S/c1-5-6-7-8-9-10-11-12-13-14-15-16-17-18-19-25-21-20-24(4)23(25)22(2)3;1-5-6(2,3)4/h20-22H,5-19H2,1-4H3;1H3,(H,2,3,4)/q+1;/p-1.